The van der Waals surface area contributed by atoms with E-state index in [1.807, 2.05) is 0 Å². The van der Waals surface area contributed by atoms with Crippen LogP contribution >= 0.6 is 0 Å². The number of unbranched alkanes of at least 4 members (excludes halogenated alkanes) is 3. The number of nitrogens with one attached hydrogen (secondary N) is 1. The van der Waals surface area contributed by atoms with Crippen molar-refractivity contribution in [2.75, 3.05) is 6.54 Å². The Morgan fingerprint density at radius 1 is 1.07 bits per heavy atom. The van der Waals surface area contributed by atoms with Gasteiger partial charge in [-0.25, -0.2) is 0 Å². The van der Waals surface area contributed by atoms with Gasteiger partial charge < -0.3 is 5.32 Å². The van der Waals surface area contributed by atoms with Crippen molar-refractivity contribution in [1.82, 2.24) is 5.32 Å². The molecule has 2 rings (SSSR count). The highest BCUT2D eigenvalue weighted by molar-refractivity contribution is 5.26. The molecule has 0 atom stereocenters. The second-order valence-electron chi connectivity index (χ2n) is 4.35. The molecule has 0 aromatic rings. The zero-order valence-corrected chi connectivity index (χ0v) is 10.3. The van der Waals surface area contributed by atoms with Crippen LogP contribution in [0.3, 0.4) is 0 Å². The summed E-state index contributed by atoms with van der Waals surface area (Å²) in [6.45, 7) is 5.64. The SMILES string of the molecule is C1=CCC2=C(C1)CCN2.CCCCCC. The molecule has 86 valence electrons. The second-order valence-corrected chi connectivity index (χ2v) is 4.35. The summed E-state index contributed by atoms with van der Waals surface area (Å²) in [4.78, 5) is 0. The Morgan fingerprint density at radius 2 is 1.73 bits per heavy atom. The summed E-state index contributed by atoms with van der Waals surface area (Å²) in [6, 6.07) is 0. The zero-order valence-electron chi connectivity index (χ0n) is 10.3. The third-order valence-electron chi connectivity index (χ3n) is 3.00. The van der Waals surface area contributed by atoms with Crippen LogP contribution < -0.4 is 5.32 Å². The van der Waals surface area contributed by atoms with Gasteiger partial charge in [-0.15, -0.1) is 0 Å². The minimum absolute atomic E-state index is 1.15. The van der Waals surface area contributed by atoms with Crippen molar-refractivity contribution in [1.29, 1.82) is 0 Å². The first-order valence-electron chi connectivity index (χ1n) is 6.48. The molecule has 0 radical (unpaired) electrons. The van der Waals surface area contributed by atoms with E-state index in [0.717, 1.165) is 6.42 Å². The molecule has 1 nitrogen and oxygen atoms in total. The van der Waals surface area contributed by atoms with Crippen LogP contribution in [0.5, 0.6) is 0 Å². The van der Waals surface area contributed by atoms with Crippen LogP contribution in [0.15, 0.2) is 23.4 Å². The molecule has 0 amide bonds. The van der Waals surface area contributed by atoms with Crippen LogP contribution in [0.4, 0.5) is 0 Å². The maximum atomic E-state index is 3.39. The lowest BCUT2D eigenvalue weighted by Gasteiger charge is -2.06. The lowest BCUT2D eigenvalue weighted by Crippen LogP contribution is -2.06. The first-order chi connectivity index (χ1) is 7.38. The Morgan fingerprint density at radius 3 is 2.33 bits per heavy atom. The number of rotatable bonds is 3. The maximum absolute atomic E-state index is 3.39. The lowest BCUT2D eigenvalue weighted by molar-refractivity contribution is 0.702. The lowest BCUT2D eigenvalue weighted by atomic mass is 10.0. The van der Waals surface area contributed by atoms with Crippen LogP contribution in [0.2, 0.25) is 0 Å². The summed E-state index contributed by atoms with van der Waals surface area (Å²) in [5.41, 5.74) is 3.13. The third-order valence-corrected chi connectivity index (χ3v) is 3.00. The highest BCUT2D eigenvalue weighted by Crippen LogP contribution is 2.23. The Bertz CT molecular complexity index is 203. The Labute approximate surface area is 94.6 Å². The molecule has 15 heavy (non-hydrogen) atoms. The van der Waals surface area contributed by atoms with Gasteiger partial charge in [-0.05, 0) is 18.4 Å². The third kappa shape index (κ3) is 4.55. The van der Waals surface area contributed by atoms with Gasteiger partial charge in [-0.3, -0.25) is 0 Å². The second kappa shape index (κ2) is 7.56. The Balaban J connectivity index is 0.000000167. The quantitative estimate of drug-likeness (QED) is 0.541. The van der Waals surface area contributed by atoms with Gasteiger partial charge in [-0.2, -0.15) is 0 Å². The molecule has 0 aromatic carbocycles. The molecule has 1 N–H and O–H groups in total. The zero-order chi connectivity index (χ0) is 10.9. The highest BCUT2D eigenvalue weighted by Gasteiger charge is 2.12. The van der Waals surface area contributed by atoms with E-state index in [1.165, 1.54) is 50.8 Å². The molecular weight excluding hydrogens is 182 g/mol. The molecule has 0 fully saturated rings. The van der Waals surface area contributed by atoms with Crippen molar-refractivity contribution in [3.8, 4) is 0 Å². The van der Waals surface area contributed by atoms with Crippen molar-refractivity contribution in [3.63, 3.8) is 0 Å². The van der Waals surface area contributed by atoms with E-state index in [9.17, 15) is 0 Å². The largest absolute Gasteiger partial charge is 0.388 e. The summed E-state index contributed by atoms with van der Waals surface area (Å²) >= 11 is 0. The van der Waals surface area contributed by atoms with Gasteiger partial charge in [0.1, 0.15) is 0 Å². The first-order valence-corrected chi connectivity index (χ1v) is 6.48. The van der Waals surface area contributed by atoms with Crippen molar-refractivity contribution in [3.05, 3.63) is 23.4 Å². The molecule has 0 unspecified atom stereocenters. The maximum Gasteiger partial charge on any atom is 0.0182 e. The average Bonchev–Trinajstić information content (AvgIpc) is 2.75. The van der Waals surface area contributed by atoms with Crippen LogP contribution in [-0.2, 0) is 0 Å². The van der Waals surface area contributed by atoms with Crippen molar-refractivity contribution < 1.29 is 0 Å². The number of hydrogen-bond donors (Lipinski definition) is 1. The minimum Gasteiger partial charge on any atom is -0.388 e. The van der Waals surface area contributed by atoms with Crippen molar-refractivity contribution in [2.24, 2.45) is 0 Å². The number of hydrogen-bond acceptors (Lipinski definition) is 1. The highest BCUT2D eigenvalue weighted by atomic mass is 14.9. The van der Waals surface area contributed by atoms with Crippen LogP contribution in [0.1, 0.15) is 58.8 Å². The van der Waals surface area contributed by atoms with Gasteiger partial charge in [0.15, 0.2) is 0 Å². The van der Waals surface area contributed by atoms with Crippen molar-refractivity contribution in [2.45, 2.75) is 58.8 Å². The van der Waals surface area contributed by atoms with E-state index in [2.05, 4.69) is 31.3 Å². The van der Waals surface area contributed by atoms with Gasteiger partial charge in [-0.1, -0.05) is 51.7 Å². The molecule has 1 aliphatic heterocycles. The summed E-state index contributed by atoms with van der Waals surface area (Å²) in [6.07, 6.45) is 13.7. The normalized spacial score (nSPS) is 18.0. The van der Waals surface area contributed by atoms with Gasteiger partial charge in [0, 0.05) is 18.7 Å². The molecule has 0 saturated carbocycles. The predicted octanol–water partition coefficient (Wildman–Crippen LogP) is 4.17. The monoisotopic (exact) mass is 207 g/mol. The fraction of sp³-hybridized carbons (Fsp3) is 0.714. The molecule has 0 spiro atoms. The first kappa shape index (κ1) is 12.4. The van der Waals surface area contributed by atoms with Gasteiger partial charge in [0.05, 0.1) is 0 Å². The Hall–Kier alpha value is -0.720. The van der Waals surface area contributed by atoms with Crippen LogP contribution in [0.25, 0.3) is 0 Å². The van der Waals surface area contributed by atoms with Gasteiger partial charge in [0.2, 0.25) is 0 Å². The molecule has 1 heterocycles. The van der Waals surface area contributed by atoms with E-state index in [-0.39, 0.29) is 0 Å². The standard InChI is InChI=1S/C8H11N.C6H14/c1-2-4-8-7(3-1)5-6-9-8;1-3-5-6-4-2/h1-2,9H,3-6H2;3-6H2,1-2H3. The molecule has 1 heteroatoms. The van der Waals surface area contributed by atoms with Crippen LogP contribution in [-0.4, -0.2) is 6.54 Å². The molecule has 0 aromatic heterocycles. The van der Waals surface area contributed by atoms with E-state index < -0.39 is 0 Å². The van der Waals surface area contributed by atoms with Gasteiger partial charge in [0.25, 0.3) is 0 Å². The molecule has 1 aliphatic carbocycles. The fourth-order valence-corrected chi connectivity index (χ4v) is 2.01. The smallest absolute Gasteiger partial charge is 0.0182 e. The summed E-state index contributed by atoms with van der Waals surface area (Å²) in [7, 11) is 0. The predicted molar refractivity (Wildman–Crippen MR) is 67.8 cm³/mol. The summed E-state index contributed by atoms with van der Waals surface area (Å²) in [5.74, 6) is 0. The molecule has 0 saturated heterocycles. The molecular formula is C14H25N. The molecule has 2 aliphatic rings. The van der Waals surface area contributed by atoms with E-state index >= 15 is 0 Å². The minimum atomic E-state index is 1.15. The van der Waals surface area contributed by atoms with Crippen molar-refractivity contribution >= 4 is 0 Å². The van der Waals surface area contributed by atoms with Gasteiger partial charge >= 0.3 is 0 Å². The summed E-state index contributed by atoms with van der Waals surface area (Å²) in [5, 5.41) is 3.39. The van der Waals surface area contributed by atoms with E-state index in [4.69, 9.17) is 0 Å². The van der Waals surface area contributed by atoms with Crippen LogP contribution in [0, 0.1) is 0 Å². The fourth-order valence-electron chi connectivity index (χ4n) is 2.01. The Kier molecular flexibility index (Phi) is 6.22. The van der Waals surface area contributed by atoms with E-state index in [1.54, 1.807) is 5.57 Å². The summed E-state index contributed by atoms with van der Waals surface area (Å²) < 4.78 is 0. The average molecular weight is 207 g/mol. The molecule has 0 bridgehead atoms. The number of allylic oxidation sites excluding steroid dienone is 2. The van der Waals surface area contributed by atoms with E-state index in [0.29, 0.717) is 0 Å². The topological polar surface area (TPSA) is 12.0 Å².